The third-order valence-electron chi connectivity index (χ3n) is 5.46. The molecule has 10 heteroatoms. The number of anilines is 1. The van der Waals surface area contributed by atoms with Crippen LogP contribution in [0, 0.1) is 10.1 Å². The maximum absolute atomic E-state index is 12.8. The number of hydrazone groups is 1. The second-order valence-corrected chi connectivity index (χ2v) is 8.21. The molecule has 0 aliphatic carbocycles. The number of para-hydroxylation sites is 2. The lowest BCUT2D eigenvalue weighted by Gasteiger charge is -2.09. The van der Waals surface area contributed by atoms with Crippen molar-refractivity contribution in [3.05, 3.63) is 142 Å². The molecular formula is C30H22N4O6. The lowest BCUT2D eigenvalue weighted by atomic mass is 10.1. The van der Waals surface area contributed by atoms with Gasteiger partial charge in [-0.15, -0.1) is 0 Å². The van der Waals surface area contributed by atoms with Gasteiger partial charge in [-0.3, -0.25) is 19.7 Å². The molecule has 0 fully saturated rings. The summed E-state index contributed by atoms with van der Waals surface area (Å²) in [5.41, 5.74) is 4.13. The molecule has 4 aromatic rings. The van der Waals surface area contributed by atoms with E-state index < -0.39 is 22.7 Å². The highest BCUT2D eigenvalue weighted by Gasteiger charge is 2.14. The van der Waals surface area contributed by atoms with E-state index >= 15 is 0 Å². The van der Waals surface area contributed by atoms with Gasteiger partial charge in [-0.25, -0.2) is 10.2 Å². The van der Waals surface area contributed by atoms with Gasteiger partial charge in [-0.05, 0) is 48.0 Å². The van der Waals surface area contributed by atoms with Gasteiger partial charge >= 0.3 is 5.97 Å². The van der Waals surface area contributed by atoms with Crippen LogP contribution < -0.4 is 15.5 Å². The van der Waals surface area contributed by atoms with Crippen LogP contribution in [-0.2, 0) is 4.79 Å². The van der Waals surface area contributed by atoms with Crippen LogP contribution in [0.2, 0.25) is 0 Å². The highest BCUT2D eigenvalue weighted by molar-refractivity contribution is 6.07. The summed E-state index contributed by atoms with van der Waals surface area (Å²) < 4.78 is 5.43. The normalized spacial score (nSPS) is 10.8. The van der Waals surface area contributed by atoms with Crippen molar-refractivity contribution in [1.29, 1.82) is 0 Å². The Bertz CT molecular complexity index is 1600. The summed E-state index contributed by atoms with van der Waals surface area (Å²) >= 11 is 0. The Morgan fingerprint density at radius 1 is 0.825 bits per heavy atom. The number of hydrogen-bond acceptors (Lipinski definition) is 7. The van der Waals surface area contributed by atoms with Crippen LogP contribution in [0.3, 0.4) is 0 Å². The first kappa shape index (κ1) is 27.1. The Labute approximate surface area is 228 Å². The van der Waals surface area contributed by atoms with E-state index in [4.69, 9.17) is 4.74 Å². The lowest BCUT2D eigenvalue weighted by Crippen LogP contribution is -2.20. The Morgan fingerprint density at radius 2 is 1.50 bits per heavy atom. The molecule has 0 saturated carbocycles. The van der Waals surface area contributed by atoms with E-state index in [0.717, 1.165) is 5.56 Å². The van der Waals surface area contributed by atoms with E-state index in [0.29, 0.717) is 11.3 Å². The number of carbonyl (C=O) groups is 3. The first-order chi connectivity index (χ1) is 19.4. The first-order valence-corrected chi connectivity index (χ1v) is 11.9. The maximum atomic E-state index is 12.8. The molecule has 0 atom stereocenters. The van der Waals surface area contributed by atoms with Crippen molar-refractivity contribution in [1.82, 2.24) is 5.43 Å². The molecule has 198 valence electrons. The Hall–Kier alpha value is -5.90. The predicted octanol–water partition coefficient (Wildman–Crippen LogP) is 5.23. The van der Waals surface area contributed by atoms with Crippen molar-refractivity contribution in [3.8, 4) is 5.75 Å². The molecule has 4 aromatic carbocycles. The minimum atomic E-state index is -0.717. The minimum Gasteiger partial charge on any atom is -0.422 e. The van der Waals surface area contributed by atoms with E-state index in [1.807, 2.05) is 30.3 Å². The van der Waals surface area contributed by atoms with Crippen molar-refractivity contribution < 1.29 is 24.0 Å². The third kappa shape index (κ3) is 7.33. The molecule has 0 radical (unpaired) electrons. The zero-order valence-corrected chi connectivity index (χ0v) is 20.9. The van der Waals surface area contributed by atoms with Crippen LogP contribution in [0.1, 0.15) is 31.8 Å². The number of amides is 2. The summed E-state index contributed by atoms with van der Waals surface area (Å²) in [6.45, 7) is 0. The fourth-order valence-electron chi connectivity index (χ4n) is 3.48. The topological polar surface area (TPSA) is 140 Å². The Kier molecular flexibility index (Phi) is 8.86. The van der Waals surface area contributed by atoms with Crippen molar-refractivity contribution >= 4 is 41.4 Å². The van der Waals surface area contributed by atoms with Gasteiger partial charge in [0.05, 0.1) is 28.0 Å². The highest BCUT2D eigenvalue weighted by atomic mass is 16.6. The average molecular weight is 535 g/mol. The molecular weight excluding hydrogens is 512 g/mol. The summed E-state index contributed by atoms with van der Waals surface area (Å²) in [5, 5.41) is 17.5. The number of nitro groups is 1. The number of ether oxygens (including phenoxy) is 1. The number of hydrogen-bond donors (Lipinski definition) is 2. The molecule has 0 aromatic heterocycles. The minimum absolute atomic E-state index is 0.128. The number of nitrogens with zero attached hydrogens (tertiary/aromatic N) is 2. The molecule has 40 heavy (non-hydrogen) atoms. The molecule has 0 saturated heterocycles. The van der Waals surface area contributed by atoms with Crippen LogP contribution >= 0.6 is 0 Å². The summed E-state index contributed by atoms with van der Waals surface area (Å²) in [4.78, 5) is 48.0. The van der Waals surface area contributed by atoms with Crippen LogP contribution in [0.15, 0.2) is 114 Å². The van der Waals surface area contributed by atoms with Crippen molar-refractivity contribution in [3.63, 3.8) is 0 Å². The van der Waals surface area contributed by atoms with E-state index in [1.54, 1.807) is 54.6 Å². The lowest BCUT2D eigenvalue weighted by molar-refractivity contribution is -0.384. The fraction of sp³-hybridized carbons (Fsp3) is 0. The largest absolute Gasteiger partial charge is 0.422 e. The molecule has 0 spiro atoms. The van der Waals surface area contributed by atoms with Crippen LogP contribution in [0.25, 0.3) is 6.08 Å². The molecule has 2 N–H and O–H groups in total. The fourth-order valence-corrected chi connectivity index (χ4v) is 3.48. The molecule has 0 aliphatic rings. The molecule has 0 aliphatic heterocycles. The quantitative estimate of drug-likeness (QED) is 0.0753. The van der Waals surface area contributed by atoms with Gasteiger partial charge in [0.2, 0.25) is 5.91 Å². The molecule has 0 heterocycles. The maximum Gasteiger partial charge on any atom is 0.343 e. The standard InChI is InChI=1S/C30H22N4O6/c35-28(19-14-21-8-2-1-3-9-21)32-26-12-6-5-11-25(26)29(36)33-31-20-23-10-4-7-13-27(23)40-30(37)22-15-17-24(18-16-22)34(38)39/h1-20H,(H,32,35)(H,33,36)/b19-14+,31-20-. The first-order valence-electron chi connectivity index (χ1n) is 11.9. The number of nitro benzene ring substituents is 1. The van der Waals surface area contributed by atoms with Crippen LogP contribution in [0.5, 0.6) is 5.75 Å². The third-order valence-corrected chi connectivity index (χ3v) is 5.46. The number of non-ortho nitro benzene ring substituents is 1. The summed E-state index contributed by atoms with van der Waals surface area (Å²) in [6, 6.07) is 27.3. The molecule has 0 unspecified atom stereocenters. The molecule has 4 rings (SSSR count). The van der Waals surface area contributed by atoms with Gasteiger partial charge in [0.15, 0.2) is 0 Å². The van der Waals surface area contributed by atoms with E-state index in [2.05, 4.69) is 15.8 Å². The average Bonchev–Trinajstić information content (AvgIpc) is 2.97. The van der Waals surface area contributed by atoms with Crippen LogP contribution in [0.4, 0.5) is 11.4 Å². The number of nitrogens with one attached hydrogen (secondary N) is 2. The SMILES string of the molecule is O=C(/C=C/c1ccccc1)Nc1ccccc1C(=O)N/N=C\c1ccccc1OC(=O)c1ccc([N+](=O)[O-])cc1. The van der Waals surface area contributed by atoms with Crippen molar-refractivity contribution in [2.45, 2.75) is 0 Å². The second-order valence-electron chi connectivity index (χ2n) is 8.21. The zero-order chi connectivity index (χ0) is 28.3. The van der Waals surface area contributed by atoms with Gasteiger partial charge in [0.1, 0.15) is 5.75 Å². The van der Waals surface area contributed by atoms with Crippen LogP contribution in [-0.4, -0.2) is 28.9 Å². The smallest absolute Gasteiger partial charge is 0.343 e. The zero-order valence-electron chi connectivity index (χ0n) is 20.9. The van der Waals surface area contributed by atoms with Gasteiger partial charge in [-0.1, -0.05) is 54.6 Å². The van der Waals surface area contributed by atoms with Crippen molar-refractivity contribution in [2.75, 3.05) is 5.32 Å². The summed E-state index contributed by atoms with van der Waals surface area (Å²) in [5.74, 6) is -1.52. The Morgan fingerprint density at radius 3 is 2.25 bits per heavy atom. The monoisotopic (exact) mass is 534 g/mol. The number of rotatable bonds is 9. The predicted molar refractivity (Wildman–Crippen MR) is 150 cm³/mol. The van der Waals surface area contributed by atoms with Gasteiger partial charge in [-0.2, -0.15) is 5.10 Å². The number of benzene rings is 4. The molecule has 10 nitrogen and oxygen atoms in total. The molecule has 0 bridgehead atoms. The van der Waals surface area contributed by atoms with E-state index in [-0.39, 0.29) is 22.6 Å². The number of esters is 1. The summed E-state index contributed by atoms with van der Waals surface area (Å²) in [6.07, 6.45) is 4.34. The summed E-state index contributed by atoms with van der Waals surface area (Å²) in [7, 11) is 0. The molecule has 2 amide bonds. The highest BCUT2D eigenvalue weighted by Crippen LogP contribution is 2.19. The second kappa shape index (κ2) is 13.1. The Balaban J connectivity index is 1.40. The number of carbonyl (C=O) groups excluding carboxylic acids is 3. The van der Waals surface area contributed by atoms with Gasteiger partial charge in [0, 0.05) is 23.8 Å². The van der Waals surface area contributed by atoms with Gasteiger partial charge in [0.25, 0.3) is 11.6 Å². The van der Waals surface area contributed by atoms with Gasteiger partial charge < -0.3 is 10.1 Å². The van der Waals surface area contributed by atoms with E-state index in [9.17, 15) is 24.5 Å². The van der Waals surface area contributed by atoms with E-state index in [1.165, 1.54) is 36.6 Å². The van der Waals surface area contributed by atoms with Crippen molar-refractivity contribution in [2.24, 2.45) is 5.10 Å².